The molecule has 2 aromatic carbocycles. The average Bonchev–Trinajstić information content (AvgIpc) is 3.11. The molecule has 4 nitrogen and oxygen atoms in total. The first-order valence-corrected chi connectivity index (χ1v) is 11.4. The third-order valence-corrected chi connectivity index (χ3v) is 7.10. The van der Waals surface area contributed by atoms with Crippen molar-refractivity contribution in [1.82, 2.24) is 4.90 Å². The molecule has 4 heteroatoms. The van der Waals surface area contributed by atoms with Crippen LogP contribution < -0.4 is 4.90 Å². The minimum Gasteiger partial charge on any atom is -0.449 e. The Kier molecular flexibility index (Phi) is 5.34. The molecule has 2 fully saturated rings. The van der Waals surface area contributed by atoms with Gasteiger partial charge in [0, 0.05) is 17.2 Å². The summed E-state index contributed by atoms with van der Waals surface area (Å²) in [5.41, 5.74) is 3.55. The Balaban J connectivity index is 1.35. The molecule has 3 aliphatic rings. The van der Waals surface area contributed by atoms with Gasteiger partial charge in [-0.05, 0) is 25.7 Å². The zero-order valence-electron chi connectivity index (χ0n) is 17.6. The Labute approximate surface area is 179 Å². The lowest BCUT2D eigenvalue weighted by Crippen LogP contribution is -3.15. The summed E-state index contributed by atoms with van der Waals surface area (Å²) in [7, 11) is 0. The number of benzene rings is 2. The molecule has 1 saturated heterocycles. The van der Waals surface area contributed by atoms with E-state index in [1.807, 2.05) is 0 Å². The van der Waals surface area contributed by atoms with E-state index >= 15 is 0 Å². The summed E-state index contributed by atoms with van der Waals surface area (Å²) in [4.78, 5) is 16.2. The van der Waals surface area contributed by atoms with Crippen LogP contribution in [0.1, 0.15) is 49.3 Å². The van der Waals surface area contributed by atoms with Crippen molar-refractivity contribution >= 4 is 5.97 Å². The first-order valence-electron chi connectivity index (χ1n) is 11.4. The predicted molar refractivity (Wildman–Crippen MR) is 117 cm³/mol. The van der Waals surface area contributed by atoms with E-state index in [1.54, 1.807) is 11.0 Å². The molecular formula is C26H31N2O2+. The third-order valence-electron chi connectivity index (χ3n) is 7.10. The van der Waals surface area contributed by atoms with Gasteiger partial charge in [0.1, 0.15) is 6.04 Å². The topological polar surface area (TPSA) is 34.0 Å². The maximum Gasteiger partial charge on any atom is 0.333 e. The smallest absolute Gasteiger partial charge is 0.333 e. The molecule has 1 saturated carbocycles. The molecule has 0 radical (unpaired) electrons. The van der Waals surface area contributed by atoms with E-state index in [0.717, 1.165) is 57.6 Å². The molecule has 0 unspecified atom stereocenters. The van der Waals surface area contributed by atoms with Gasteiger partial charge in [-0.25, -0.2) is 4.79 Å². The molecule has 5 rings (SSSR count). The van der Waals surface area contributed by atoms with Gasteiger partial charge < -0.3 is 14.5 Å². The summed E-state index contributed by atoms with van der Waals surface area (Å²) in [5.74, 6) is -0.145. The standard InChI is InChI=1S/C26H30N2O2/c29-24-20-23(26(30-24)14-8-3-9-15-26)27-16-18-28(19-17-27)25(21-10-4-1-5-11-21)22-12-6-2-7-13-22/h1-2,4-7,10-13,20,25H,3,8-9,14-19H2/p+1. The van der Waals surface area contributed by atoms with Crippen LogP contribution >= 0.6 is 0 Å². The van der Waals surface area contributed by atoms with Gasteiger partial charge in [-0.3, -0.25) is 0 Å². The summed E-state index contributed by atoms with van der Waals surface area (Å²) in [6, 6.07) is 22.1. The minimum atomic E-state index is -0.342. The van der Waals surface area contributed by atoms with Crippen molar-refractivity contribution in [1.29, 1.82) is 0 Å². The van der Waals surface area contributed by atoms with Crippen molar-refractivity contribution in [3.8, 4) is 0 Å². The monoisotopic (exact) mass is 403 g/mol. The van der Waals surface area contributed by atoms with Crippen molar-refractivity contribution in [2.75, 3.05) is 26.2 Å². The zero-order valence-corrected chi connectivity index (χ0v) is 17.6. The minimum absolute atomic E-state index is 0.145. The number of carbonyl (C=O) groups excluding carboxylic acids is 1. The fourth-order valence-corrected chi connectivity index (χ4v) is 5.66. The molecular weight excluding hydrogens is 372 g/mol. The highest BCUT2D eigenvalue weighted by Crippen LogP contribution is 2.42. The van der Waals surface area contributed by atoms with Crippen LogP contribution in [0.2, 0.25) is 0 Å². The second-order valence-corrected chi connectivity index (χ2v) is 8.91. The number of hydrogen-bond acceptors (Lipinski definition) is 3. The fraction of sp³-hybridized carbons (Fsp3) is 0.423. The molecule has 1 N–H and O–H groups in total. The van der Waals surface area contributed by atoms with Gasteiger partial charge in [0.25, 0.3) is 0 Å². The number of esters is 1. The maximum atomic E-state index is 12.2. The summed E-state index contributed by atoms with van der Waals surface area (Å²) in [5, 5.41) is 0. The van der Waals surface area contributed by atoms with Gasteiger partial charge in [-0.2, -0.15) is 0 Å². The van der Waals surface area contributed by atoms with Crippen LogP contribution in [0.25, 0.3) is 0 Å². The van der Waals surface area contributed by atoms with Gasteiger partial charge in [0.2, 0.25) is 0 Å². The molecule has 0 bridgehead atoms. The van der Waals surface area contributed by atoms with Crippen molar-refractivity contribution in [3.63, 3.8) is 0 Å². The van der Waals surface area contributed by atoms with Crippen LogP contribution in [0, 0.1) is 0 Å². The van der Waals surface area contributed by atoms with Crippen LogP contribution in [-0.4, -0.2) is 42.6 Å². The number of ether oxygens (including phenoxy) is 1. The summed E-state index contributed by atoms with van der Waals surface area (Å²) in [6.07, 6.45) is 7.30. The molecule has 2 aromatic rings. The molecule has 0 atom stereocenters. The average molecular weight is 404 g/mol. The van der Waals surface area contributed by atoms with E-state index in [9.17, 15) is 4.79 Å². The van der Waals surface area contributed by atoms with Crippen LogP contribution in [0.3, 0.4) is 0 Å². The highest BCUT2D eigenvalue weighted by molar-refractivity contribution is 5.86. The Bertz CT molecular complexity index is 856. The number of nitrogens with one attached hydrogen (secondary N) is 1. The number of piperazine rings is 1. The predicted octanol–water partition coefficient (Wildman–Crippen LogP) is 3.12. The lowest BCUT2D eigenvalue weighted by Gasteiger charge is -2.43. The molecule has 30 heavy (non-hydrogen) atoms. The van der Waals surface area contributed by atoms with E-state index < -0.39 is 0 Å². The molecule has 2 aliphatic heterocycles. The lowest BCUT2D eigenvalue weighted by molar-refractivity contribution is -0.929. The van der Waals surface area contributed by atoms with Gasteiger partial charge in [-0.1, -0.05) is 67.1 Å². The molecule has 1 spiro atoms. The first kappa shape index (κ1) is 19.4. The van der Waals surface area contributed by atoms with E-state index in [2.05, 4.69) is 65.6 Å². The third kappa shape index (κ3) is 3.65. The number of rotatable bonds is 4. The number of hydrogen-bond donors (Lipinski definition) is 1. The largest absolute Gasteiger partial charge is 0.449 e. The Hall–Kier alpha value is -2.59. The highest BCUT2D eigenvalue weighted by Gasteiger charge is 2.47. The van der Waals surface area contributed by atoms with E-state index in [4.69, 9.17) is 4.74 Å². The highest BCUT2D eigenvalue weighted by atomic mass is 16.6. The van der Waals surface area contributed by atoms with Crippen molar-refractivity contribution in [2.24, 2.45) is 0 Å². The number of nitrogens with zero attached hydrogens (tertiary/aromatic N) is 1. The molecule has 2 heterocycles. The van der Waals surface area contributed by atoms with E-state index in [0.29, 0.717) is 6.04 Å². The van der Waals surface area contributed by atoms with E-state index in [1.165, 1.54) is 17.5 Å². The number of carbonyl (C=O) groups is 1. The zero-order chi connectivity index (χ0) is 20.4. The maximum absolute atomic E-state index is 12.2. The van der Waals surface area contributed by atoms with Crippen molar-refractivity contribution in [3.05, 3.63) is 83.6 Å². The normalized spacial score (nSPS) is 21.7. The lowest BCUT2D eigenvalue weighted by atomic mass is 9.82. The van der Waals surface area contributed by atoms with Crippen LogP contribution in [0.4, 0.5) is 0 Å². The summed E-state index contributed by atoms with van der Waals surface area (Å²) in [6.45, 7) is 4.04. The summed E-state index contributed by atoms with van der Waals surface area (Å²) >= 11 is 0. The van der Waals surface area contributed by atoms with Crippen LogP contribution in [0.15, 0.2) is 72.4 Å². The second kappa shape index (κ2) is 8.27. The molecule has 156 valence electrons. The summed E-state index contributed by atoms with van der Waals surface area (Å²) < 4.78 is 5.89. The Morgan fingerprint density at radius 3 is 1.97 bits per heavy atom. The van der Waals surface area contributed by atoms with Crippen LogP contribution in [0.5, 0.6) is 0 Å². The molecule has 0 aromatic heterocycles. The second-order valence-electron chi connectivity index (χ2n) is 8.91. The molecule has 0 amide bonds. The first-order chi connectivity index (χ1) is 14.8. The SMILES string of the molecule is O=C1C=C(N2CC[NH+](C(c3ccccc3)c3ccccc3)CC2)C2(CCCCC2)O1. The fourth-order valence-electron chi connectivity index (χ4n) is 5.66. The quantitative estimate of drug-likeness (QED) is 0.797. The van der Waals surface area contributed by atoms with Crippen molar-refractivity contribution < 1.29 is 14.4 Å². The van der Waals surface area contributed by atoms with Gasteiger partial charge in [-0.15, -0.1) is 0 Å². The van der Waals surface area contributed by atoms with Gasteiger partial charge in [0.05, 0.1) is 31.9 Å². The Morgan fingerprint density at radius 2 is 1.40 bits per heavy atom. The van der Waals surface area contributed by atoms with Gasteiger partial charge in [0.15, 0.2) is 5.60 Å². The number of quaternary nitrogens is 1. The van der Waals surface area contributed by atoms with E-state index in [-0.39, 0.29) is 11.6 Å². The Morgan fingerprint density at radius 1 is 0.833 bits per heavy atom. The van der Waals surface area contributed by atoms with Crippen LogP contribution in [-0.2, 0) is 9.53 Å². The molecule has 1 aliphatic carbocycles. The van der Waals surface area contributed by atoms with Crippen molar-refractivity contribution in [2.45, 2.75) is 43.7 Å². The van der Waals surface area contributed by atoms with Gasteiger partial charge >= 0.3 is 5.97 Å².